The summed E-state index contributed by atoms with van der Waals surface area (Å²) in [6.07, 6.45) is 0. The van der Waals surface area contributed by atoms with Gasteiger partial charge in [0.05, 0.1) is 18.2 Å². The highest BCUT2D eigenvalue weighted by molar-refractivity contribution is 7.80. The minimum atomic E-state index is -0.395. The van der Waals surface area contributed by atoms with Crippen LogP contribution in [0, 0.1) is 0 Å². The summed E-state index contributed by atoms with van der Waals surface area (Å²) in [5, 5.41) is 3.72. The number of rotatable bonds is 5. The molecule has 1 aliphatic heterocycles. The molecule has 0 saturated carbocycles. The van der Waals surface area contributed by atoms with E-state index in [0.29, 0.717) is 23.0 Å². The lowest BCUT2D eigenvalue weighted by Crippen LogP contribution is -2.46. The van der Waals surface area contributed by atoms with Crippen molar-refractivity contribution in [2.75, 3.05) is 33.1 Å². The molecule has 2 rings (SSSR count). The summed E-state index contributed by atoms with van der Waals surface area (Å²) in [5.41, 5.74) is 8.62. The number of nitrogen functional groups attached to an aromatic ring is 1. The van der Waals surface area contributed by atoms with E-state index in [9.17, 15) is 4.79 Å². The second-order valence-electron chi connectivity index (χ2n) is 5.24. The number of nitrogens with one attached hydrogen (secondary N) is 1. The third kappa shape index (κ3) is 3.80. The quantitative estimate of drug-likeness (QED) is 0.366. The number of carbonyl (C=O) groups is 1. The number of ether oxygens (including phenoxy) is 2. The molecule has 0 aliphatic carbocycles. The van der Waals surface area contributed by atoms with Gasteiger partial charge in [-0.3, -0.25) is 0 Å². The fourth-order valence-corrected chi connectivity index (χ4v) is 2.64. The molecule has 1 aromatic carbocycles. The van der Waals surface area contributed by atoms with Crippen molar-refractivity contribution in [2.24, 2.45) is 0 Å². The van der Waals surface area contributed by atoms with Crippen LogP contribution in [0.15, 0.2) is 35.5 Å². The van der Waals surface area contributed by atoms with Gasteiger partial charge < -0.3 is 25.4 Å². The predicted molar refractivity (Wildman–Crippen MR) is 92.6 cm³/mol. The topological polar surface area (TPSA) is 76.8 Å². The molecule has 0 aromatic heterocycles. The lowest BCUT2D eigenvalue weighted by atomic mass is 9.95. The van der Waals surface area contributed by atoms with E-state index >= 15 is 0 Å². The normalized spacial score (nSPS) is 18.0. The van der Waals surface area contributed by atoms with Crippen LogP contribution in [-0.2, 0) is 14.3 Å². The van der Waals surface area contributed by atoms with Crippen LogP contribution in [0.5, 0.6) is 0 Å². The summed E-state index contributed by atoms with van der Waals surface area (Å²) in [6.45, 7) is 2.39. The first kappa shape index (κ1) is 17.2. The van der Waals surface area contributed by atoms with Crippen LogP contribution in [0.1, 0.15) is 18.5 Å². The minimum Gasteiger partial charge on any atom is -0.460 e. The molecule has 1 aliphatic rings. The average Bonchev–Trinajstić information content (AvgIpc) is 2.52. The maximum absolute atomic E-state index is 12.5. The smallest absolute Gasteiger partial charge is 0.338 e. The molecule has 1 unspecified atom stereocenters. The van der Waals surface area contributed by atoms with Gasteiger partial charge in [-0.05, 0) is 36.8 Å². The number of anilines is 1. The van der Waals surface area contributed by atoms with Crippen LogP contribution < -0.4 is 11.1 Å². The molecule has 3 N–H and O–H groups in total. The van der Waals surface area contributed by atoms with Crippen LogP contribution in [-0.4, -0.2) is 43.4 Å². The van der Waals surface area contributed by atoms with Crippen molar-refractivity contribution in [3.63, 3.8) is 0 Å². The summed E-state index contributed by atoms with van der Waals surface area (Å²) in [7, 11) is 3.37. The first-order chi connectivity index (χ1) is 11.0. The van der Waals surface area contributed by atoms with E-state index < -0.39 is 12.0 Å². The Bertz CT molecular complexity index is 645. The monoisotopic (exact) mass is 335 g/mol. The second kappa shape index (κ2) is 7.43. The van der Waals surface area contributed by atoms with Crippen molar-refractivity contribution in [2.45, 2.75) is 13.0 Å². The number of thiocarbonyl (C=S) groups is 1. The fourth-order valence-electron chi connectivity index (χ4n) is 2.38. The van der Waals surface area contributed by atoms with Crippen LogP contribution in [0.3, 0.4) is 0 Å². The number of nitrogens with zero attached hydrogens (tertiary/aromatic N) is 1. The first-order valence-corrected chi connectivity index (χ1v) is 7.63. The zero-order chi connectivity index (χ0) is 17.0. The van der Waals surface area contributed by atoms with E-state index in [4.69, 9.17) is 27.4 Å². The maximum atomic E-state index is 12.5. The van der Waals surface area contributed by atoms with Gasteiger partial charge in [0.2, 0.25) is 0 Å². The Balaban J connectivity index is 2.38. The number of allylic oxidation sites excluding steroid dienone is 1. The zero-order valence-electron chi connectivity index (χ0n) is 13.5. The van der Waals surface area contributed by atoms with E-state index in [1.54, 1.807) is 18.1 Å². The second-order valence-corrected chi connectivity index (χ2v) is 5.63. The first-order valence-electron chi connectivity index (χ1n) is 7.22. The number of carbonyl (C=O) groups excluding carboxylic acids is 1. The molecule has 0 fully saturated rings. The van der Waals surface area contributed by atoms with E-state index in [0.717, 1.165) is 11.3 Å². The summed E-state index contributed by atoms with van der Waals surface area (Å²) in [5.74, 6) is -0.395. The van der Waals surface area contributed by atoms with Crippen LogP contribution in [0.4, 0.5) is 5.69 Å². The standard InChI is InChI=1S/C16H21N3O3S/c1-10-13(15(20)22-8-7-21-3)14(18-16(23)19(10)2)11-5-4-6-12(17)9-11/h4-6,9,14H,7-8,17H2,1-3H3,(H,18,23). The molecule has 23 heavy (non-hydrogen) atoms. The molecule has 0 bridgehead atoms. The van der Waals surface area contributed by atoms with Crippen molar-refractivity contribution >= 4 is 29.0 Å². The molecule has 1 heterocycles. The van der Waals surface area contributed by atoms with Gasteiger partial charge in [-0.15, -0.1) is 0 Å². The molecule has 0 amide bonds. The number of nitrogens with two attached hydrogens (primary N) is 1. The maximum Gasteiger partial charge on any atom is 0.338 e. The molecule has 1 atom stereocenters. The van der Waals surface area contributed by atoms with Gasteiger partial charge >= 0.3 is 5.97 Å². The van der Waals surface area contributed by atoms with Crippen LogP contribution in [0.2, 0.25) is 0 Å². The number of esters is 1. The Hall–Kier alpha value is -2.12. The largest absolute Gasteiger partial charge is 0.460 e. The minimum absolute atomic E-state index is 0.198. The summed E-state index contributed by atoms with van der Waals surface area (Å²) in [6, 6.07) is 6.97. The Labute approximate surface area is 141 Å². The van der Waals surface area contributed by atoms with E-state index in [-0.39, 0.29) is 6.61 Å². The average molecular weight is 335 g/mol. The molecule has 0 saturated heterocycles. The Morgan fingerprint density at radius 2 is 2.17 bits per heavy atom. The van der Waals surface area contributed by atoms with Gasteiger partial charge in [-0.2, -0.15) is 0 Å². The van der Waals surface area contributed by atoms with Crippen molar-refractivity contribution < 1.29 is 14.3 Å². The van der Waals surface area contributed by atoms with Crippen molar-refractivity contribution in [1.82, 2.24) is 10.2 Å². The third-order valence-electron chi connectivity index (χ3n) is 3.74. The number of benzene rings is 1. The molecule has 1 aromatic rings. The Morgan fingerprint density at radius 1 is 1.43 bits per heavy atom. The molecule has 6 nitrogen and oxygen atoms in total. The lowest BCUT2D eigenvalue weighted by Gasteiger charge is -2.35. The molecular formula is C16H21N3O3S. The molecule has 0 spiro atoms. The molecule has 0 radical (unpaired) electrons. The molecular weight excluding hydrogens is 314 g/mol. The van der Waals surface area contributed by atoms with Crippen LogP contribution in [0.25, 0.3) is 0 Å². The Morgan fingerprint density at radius 3 is 2.83 bits per heavy atom. The fraction of sp³-hybridized carbons (Fsp3) is 0.375. The SMILES string of the molecule is COCCOC(=O)C1=C(C)N(C)C(=S)NC1c1cccc(N)c1. The van der Waals surface area contributed by atoms with Gasteiger partial charge in [-0.25, -0.2) is 4.79 Å². The van der Waals surface area contributed by atoms with E-state index in [1.807, 2.05) is 32.2 Å². The zero-order valence-corrected chi connectivity index (χ0v) is 14.3. The van der Waals surface area contributed by atoms with E-state index in [2.05, 4.69) is 5.32 Å². The van der Waals surface area contributed by atoms with Gasteiger partial charge in [-0.1, -0.05) is 12.1 Å². The highest BCUT2D eigenvalue weighted by Gasteiger charge is 2.33. The van der Waals surface area contributed by atoms with Crippen molar-refractivity contribution in [1.29, 1.82) is 0 Å². The summed E-state index contributed by atoms with van der Waals surface area (Å²) >= 11 is 5.34. The number of methoxy groups -OCH3 is 1. The van der Waals surface area contributed by atoms with Crippen LogP contribution >= 0.6 is 12.2 Å². The van der Waals surface area contributed by atoms with Crippen molar-refractivity contribution in [3.05, 3.63) is 41.1 Å². The molecule has 124 valence electrons. The van der Waals surface area contributed by atoms with Gasteiger partial charge in [0, 0.05) is 25.5 Å². The summed E-state index contributed by atoms with van der Waals surface area (Å²) < 4.78 is 10.2. The number of hydrogen-bond acceptors (Lipinski definition) is 5. The van der Waals surface area contributed by atoms with Gasteiger partial charge in [0.25, 0.3) is 0 Å². The highest BCUT2D eigenvalue weighted by atomic mass is 32.1. The third-order valence-corrected chi connectivity index (χ3v) is 4.13. The highest BCUT2D eigenvalue weighted by Crippen LogP contribution is 2.31. The Kier molecular flexibility index (Phi) is 5.57. The summed E-state index contributed by atoms with van der Waals surface area (Å²) in [4.78, 5) is 14.3. The predicted octanol–water partition coefficient (Wildman–Crippen LogP) is 1.59. The number of hydrogen-bond donors (Lipinski definition) is 2. The van der Waals surface area contributed by atoms with Gasteiger partial charge in [0.1, 0.15) is 6.61 Å². The van der Waals surface area contributed by atoms with E-state index in [1.165, 1.54) is 0 Å². The van der Waals surface area contributed by atoms with Crippen molar-refractivity contribution in [3.8, 4) is 0 Å². The molecule has 7 heteroatoms. The van der Waals surface area contributed by atoms with Gasteiger partial charge in [0.15, 0.2) is 5.11 Å². The lowest BCUT2D eigenvalue weighted by molar-refractivity contribution is -0.140.